The van der Waals surface area contributed by atoms with Gasteiger partial charge in [0.25, 0.3) is 11.8 Å². The van der Waals surface area contributed by atoms with Crippen LogP contribution in [0.2, 0.25) is 0 Å². The number of hydrogen-bond donors (Lipinski definition) is 1. The van der Waals surface area contributed by atoms with Gasteiger partial charge in [-0.3, -0.25) is 19.3 Å². The van der Waals surface area contributed by atoms with E-state index in [0.29, 0.717) is 22.7 Å². The molecule has 0 spiro atoms. The Labute approximate surface area is 138 Å². The van der Waals surface area contributed by atoms with E-state index in [4.69, 9.17) is 4.74 Å². The van der Waals surface area contributed by atoms with Crippen molar-refractivity contribution in [3.05, 3.63) is 53.7 Å². The van der Waals surface area contributed by atoms with Crippen molar-refractivity contribution in [1.82, 2.24) is 9.88 Å². The minimum atomic E-state index is -0.366. The fraction of sp³-hybridized carbons (Fsp3) is 0.176. The van der Waals surface area contributed by atoms with Crippen LogP contribution in [0.3, 0.4) is 0 Å². The number of methoxy groups -OCH3 is 1. The van der Waals surface area contributed by atoms with Gasteiger partial charge in [-0.2, -0.15) is 0 Å². The molecule has 2 aromatic rings. The molecule has 1 aromatic carbocycles. The number of pyridine rings is 1. The van der Waals surface area contributed by atoms with Gasteiger partial charge in [-0.25, -0.2) is 4.98 Å². The lowest BCUT2D eigenvalue weighted by Gasteiger charge is -2.13. The second-order valence-electron chi connectivity index (χ2n) is 5.19. The van der Waals surface area contributed by atoms with Crippen molar-refractivity contribution in [2.45, 2.75) is 6.42 Å². The quantitative estimate of drug-likeness (QED) is 0.846. The van der Waals surface area contributed by atoms with Gasteiger partial charge >= 0.3 is 0 Å². The van der Waals surface area contributed by atoms with E-state index in [2.05, 4.69) is 10.3 Å². The molecule has 0 saturated heterocycles. The van der Waals surface area contributed by atoms with Crippen LogP contribution >= 0.6 is 0 Å². The lowest BCUT2D eigenvalue weighted by Crippen LogP contribution is -2.32. The van der Waals surface area contributed by atoms with Crippen LogP contribution in [-0.2, 0) is 4.79 Å². The number of benzene rings is 1. The molecule has 3 amide bonds. The molecule has 2 heterocycles. The molecule has 0 fully saturated rings. The molecule has 0 atom stereocenters. The van der Waals surface area contributed by atoms with Gasteiger partial charge in [0.2, 0.25) is 11.8 Å². The number of amides is 3. The predicted molar refractivity (Wildman–Crippen MR) is 85.8 cm³/mol. The highest BCUT2D eigenvalue weighted by molar-refractivity contribution is 6.21. The van der Waals surface area contributed by atoms with Crippen molar-refractivity contribution in [1.29, 1.82) is 0 Å². The molecular weight excluding hydrogens is 310 g/mol. The number of nitrogens with zero attached hydrogens (tertiary/aromatic N) is 2. The molecule has 0 unspecified atom stereocenters. The maximum absolute atomic E-state index is 12.2. The summed E-state index contributed by atoms with van der Waals surface area (Å²) in [7, 11) is 1.50. The van der Waals surface area contributed by atoms with Gasteiger partial charge in [-0.15, -0.1) is 0 Å². The van der Waals surface area contributed by atoms with Gasteiger partial charge in [0.15, 0.2) is 0 Å². The highest BCUT2D eigenvalue weighted by Gasteiger charge is 2.34. The highest BCUT2D eigenvalue weighted by atomic mass is 16.5. The number of anilines is 1. The highest BCUT2D eigenvalue weighted by Crippen LogP contribution is 2.22. The fourth-order valence-electron chi connectivity index (χ4n) is 2.45. The van der Waals surface area contributed by atoms with Crippen LogP contribution in [0.15, 0.2) is 42.6 Å². The number of carbonyl (C=O) groups is 3. The summed E-state index contributed by atoms with van der Waals surface area (Å²) in [4.78, 5) is 41.5. The summed E-state index contributed by atoms with van der Waals surface area (Å²) < 4.78 is 4.94. The largest absolute Gasteiger partial charge is 0.481 e. The molecule has 7 nitrogen and oxygen atoms in total. The number of carbonyl (C=O) groups excluding carboxylic acids is 3. The van der Waals surface area contributed by atoms with Gasteiger partial charge in [0.1, 0.15) is 0 Å². The number of fused-ring (bicyclic) bond motifs is 1. The van der Waals surface area contributed by atoms with Crippen molar-refractivity contribution >= 4 is 23.4 Å². The van der Waals surface area contributed by atoms with Crippen molar-refractivity contribution in [3.8, 4) is 5.88 Å². The molecule has 3 rings (SSSR count). The topological polar surface area (TPSA) is 88.6 Å². The molecule has 122 valence electrons. The van der Waals surface area contributed by atoms with E-state index in [1.807, 2.05) is 0 Å². The number of nitrogens with one attached hydrogen (secondary N) is 1. The molecule has 0 aliphatic carbocycles. The number of ether oxygens (including phenoxy) is 1. The van der Waals surface area contributed by atoms with Gasteiger partial charge in [0, 0.05) is 19.0 Å². The lowest BCUT2D eigenvalue weighted by atomic mass is 10.1. The molecule has 0 saturated carbocycles. The summed E-state index contributed by atoms with van der Waals surface area (Å²) in [6, 6.07) is 9.91. The average Bonchev–Trinajstić information content (AvgIpc) is 2.85. The Morgan fingerprint density at radius 2 is 1.79 bits per heavy atom. The molecule has 0 bridgehead atoms. The molecular formula is C17H15N3O4. The molecule has 1 aliphatic rings. The third kappa shape index (κ3) is 2.96. The van der Waals surface area contributed by atoms with E-state index >= 15 is 0 Å². The molecule has 1 aliphatic heterocycles. The Morgan fingerprint density at radius 1 is 1.12 bits per heavy atom. The first-order valence-electron chi connectivity index (χ1n) is 7.35. The molecule has 1 aromatic heterocycles. The number of aromatic nitrogens is 1. The van der Waals surface area contributed by atoms with E-state index in [1.165, 1.54) is 13.3 Å². The monoisotopic (exact) mass is 325 g/mol. The summed E-state index contributed by atoms with van der Waals surface area (Å²) in [6.07, 6.45) is 1.48. The van der Waals surface area contributed by atoms with Crippen LogP contribution in [-0.4, -0.2) is 41.3 Å². The first-order valence-corrected chi connectivity index (χ1v) is 7.35. The van der Waals surface area contributed by atoms with Crippen molar-refractivity contribution < 1.29 is 19.1 Å². The van der Waals surface area contributed by atoms with Crippen molar-refractivity contribution in [2.24, 2.45) is 0 Å². The minimum absolute atomic E-state index is 0.0114. The number of imide groups is 1. The third-order valence-corrected chi connectivity index (χ3v) is 3.67. The Bertz CT molecular complexity index is 767. The Morgan fingerprint density at radius 3 is 2.33 bits per heavy atom. The summed E-state index contributed by atoms with van der Waals surface area (Å²) in [5, 5.41) is 2.66. The van der Waals surface area contributed by atoms with Gasteiger partial charge in [0.05, 0.1) is 30.1 Å². The predicted octanol–water partition coefficient (Wildman–Crippen LogP) is 1.71. The van der Waals surface area contributed by atoms with E-state index in [0.717, 1.165) is 4.90 Å². The molecule has 7 heteroatoms. The first kappa shape index (κ1) is 15.7. The average molecular weight is 325 g/mol. The third-order valence-electron chi connectivity index (χ3n) is 3.67. The normalized spacial score (nSPS) is 13.0. The van der Waals surface area contributed by atoms with E-state index in [-0.39, 0.29) is 30.7 Å². The van der Waals surface area contributed by atoms with Crippen LogP contribution < -0.4 is 10.1 Å². The smallest absolute Gasteiger partial charge is 0.261 e. The van der Waals surface area contributed by atoms with Crippen molar-refractivity contribution in [2.75, 3.05) is 19.0 Å². The van der Waals surface area contributed by atoms with Crippen LogP contribution in [0.5, 0.6) is 5.88 Å². The second-order valence-corrected chi connectivity index (χ2v) is 5.19. The number of hydrogen-bond acceptors (Lipinski definition) is 5. The summed E-state index contributed by atoms with van der Waals surface area (Å²) in [5.41, 5.74) is 1.27. The minimum Gasteiger partial charge on any atom is -0.481 e. The Balaban J connectivity index is 1.59. The summed E-state index contributed by atoms with van der Waals surface area (Å²) in [6.45, 7) is 0.0295. The first-order chi connectivity index (χ1) is 11.6. The van der Waals surface area contributed by atoms with Gasteiger partial charge in [-0.1, -0.05) is 12.1 Å². The van der Waals surface area contributed by atoms with Crippen LogP contribution in [0.1, 0.15) is 27.1 Å². The van der Waals surface area contributed by atoms with Crippen LogP contribution in [0.25, 0.3) is 0 Å². The number of rotatable bonds is 5. The van der Waals surface area contributed by atoms with Crippen LogP contribution in [0, 0.1) is 0 Å². The van der Waals surface area contributed by atoms with Crippen molar-refractivity contribution in [3.63, 3.8) is 0 Å². The van der Waals surface area contributed by atoms with E-state index in [9.17, 15) is 14.4 Å². The second kappa shape index (κ2) is 6.49. The SMILES string of the molecule is COc1ccc(NC(=O)CCN2C(=O)c3ccccc3C2=O)cn1. The van der Waals surface area contributed by atoms with Crippen LogP contribution in [0.4, 0.5) is 5.69 Å². The standard InChI is InChI=1S/C17H15N3O4/c1-24-15-7-6-11(10-18-15)19-14(21)8-9-20-16(22)12-4-2-3-5-13(12)17(20)23/h2-7,10H,8-9H2,1H3,(H,19,21). The Hall–Kier alpha value is -3.22. The van der Waals surface area contributed by atoms with Gasteiger partial charge < -0.3 is 10.1 Å². The zero-order chi connectivity index (χ0) is 17.1. The summed E-state index contributed by atoms with van der Waals surface area (Å²) >= 11 is 0. The maximum atomic E-state index is 12.2. The van der Waals surface area contributed by atoms with E-state index < -0.39 is 0 Å². The summed E-state index contributed by atoms with van der Waals surface area (Å²) in [5.74, 6) is -0.596. The molecule has 1 N–H and O–H groups in total. The maximum Gasteiger partial charge on any atom is 0.261 e. The van der Waals surface area contributed by atoms with E-state index in [1.54, 1.807) is 36.4 Å². The van der Waals surface area contributed by atoms with Gasteiger partial charge in [-0.05, 0) is 18.2 Å². The fourth-order valence-corrected chi connectivity index (χ4v) is 2.45. The lowest BCUT2D eigenvalue weighted by molar-refractivity contribution is -0.116. The molecule has 24 heavy (non-hydrogen) atoms. The Kier molecular flexibility index (Phi) is 4.24. The molecule has 0 radical (unpaired) electrons. The zero-order valence-corrected chi connectivity index (χ0v) is 13.0. The zero-order valence-electron chi connectivity index (χ0n) is 13.0.